The van der Waals surface area contributed by atoms with Crippen LogP contribution in [0.25, 0.3) is 0 Å². The molecule has 19 heavy (non-hydrogen) atoms. The largest absolute Gasteiger partial charge is 0.379 e. The highest BCUT2D eigenvalue weighted by atomic mass is 16.5. The van der Waals surface area contributed by atoms with Crippen LogP contribution < -0.4 is 5.32 Å². The van der Waals surface area contributed by atoms with Crippen LogP contribution in [-0.4, -0.2) is 46.3 Å². The van der Waals surface area contributed by atoms with Gasteiger partial charge in [0.2, 0.25) is 0 Å². The van der Waals surface area contributed by atoms with E-state index in [0.29, 0.717) is 33.2 Å². The van der Waals surface area contributed by atoms with Gasteiger partial charge >= 0.3 is 0 Å². The Morgan fingerprint density at radius 2 is 1.89 bits per heavy atom. The van der Waals surface area contributed by atoms with Crippen LogP contribution in [0.1, 0.15) is 26.2 Å². The average molecular weight is 269 g/mol. The molecule has 0 saturated carbocycles. The second-order valence-electron chi connectivity index (χ2n) is 4.48. The molecule has 4 heteroatoms. The molecule has 0 unspecified atom stereocenters. The fourth-order valence-electron chi connectivity index (χ4n) is 1.70. The SMILES string of the molecule is CCCOCCOCCNCOCC1=CCCC=C1. The van der Waals surface area contributed by atoms with E-state index in [1.54, 1.807) is 0 Å². The first kappa shape index (κ1) is 16.4. The molecule has 0 heterocycles. The predicted octanol–water partition coefficient (Wildman–Crippen LogP) is 2.27. The van der Waals surface area contributed by atoms with E-state index < -0.39 is 0 Å². The van der Waals surface area contributed by atoms with Gasteiger partial charge in [0.15, 0.2) is 0 Å². The van der Waals surface area contributed by atoms with Crippen molar-refractivity contribution in [1.29, 1.82) is 0 Å². The molecule has 0 aromatic rings. The first-order valence-corrected chi connectivity index (χ1v) is 7.23. The number of allylic oxidation sites excluding steroid dienone is 2. The Balaban J connectivity index is 1.76. The summed E-state index contributed by atoms with van der Waals surface area (Å²) >= 11 is 0. The van der Waals surface area contributed by atoms with Crippen LogP contribution in [-0.2, 0) is 14.2 Å². The summed E-state index contributed by atoms with van der Waals surface area (Å²) < 4.78 is 16.2. The Kier molecular flexibility index (Phi) is 10.7. The minimum Gasteiger partial charge on any atom is -0.379 e. The lowest BCUT2D eigenvalue weighted by Gasteiger charge is -2.09. The van der Waals surface area contributed by atoms with Crippen LogP contribution in [0.4, 0.5) is 0 Å². The Morgan fingerprint density at radius 1 is 1.05 bits per heavy atom. The summed E-state index contributed by atoms with van der Waals surface area (Å²) in [5, 5.41) is 3.19. The Bertz CT molecular complexity index is 264. The minimum atomic E-state index is 0.570. The first-order valence-electron chi connectivity index (χ1n) is 7.23. The molecule has 0 aliphatic heterocycles. The third kappa shape index (κ3) is 9.85. The predicted molar refractivity (Wildman–Crippen MR) is 77.2 cm³/mol. The molecule has 0 fully saturated rings. The van der Waals surface area contributed by atoms with Gasteiger partial charge in [-0.2, -0.15) is 0 Å². The maximum atomic E-state index is 5.52. The number of hydrogen-bond acceptors (Lipinski definition) is 4. The van der Waals surface area contributed by atoms with E-state index in [9.17, 15) is 0 Å². The molecule has 4 nitrogen and oxygen atoms in total. The van der Waals surface area contributed by atoms with Gasteiger partial charge in [-0.05, 0) is 24.8 Å². The van der Waals surface area contributed by atoms with Crippen molar-refractivity contribution in [3.63, 3.8) is 0 Å². The zero-order valence-corrected chi connectivity index (χ0v) is 12.0. The van der Waals surface area contributed by atoms with E-state index in [0.717, 1.165) is 32.4 Å². The van der Waals surface area contributed by atoms with Crippen LogP contribution in [0.2, 0.25) is 0 Å². The highest BCUT2D eigenvalue weighted by Crippen LogP contribution is 2.09. The fraction of sp³-hybridized carbons (Fsp3) is 0.733. The number of rotatable bonds is 12. The molecule has 0 saturated heterocycles. The summed E-state index contributed by atoms with van der Waals surface area (Å²) in [4.78, 5) is 0. The summed E-state index contributed by atoms with van der Waals surface area (Å²) in [6.45, 7) is 7.04. The van der Waals surface area contributed by atoms with E-state index in [1.807, 2.05) is 0 Å². The summed E-state index contributed by atoms with van der Waals surface area (Å²) in [5.41, 5.74) is 1.28. The third-order valence-electron chi connectivity index (χ3n) is 2.69. The lowest BCUT2D eigenvalue weighted by molar-refractivity contribution is 0.0454. The molecule has 0 aromatic heterocycles. The quantitative estimate of drug-likeness (QED) is 0.436. The van der Waals surface area contributed by atoms with Crippen LogP contribution in [0.3, 0.4) is 0 Å². The Morgan fingerprint density at radius 3 is 2.63 bits per heavy atom. The van der Waals surface area contributed by atoms with Crippen molar-refractivity contribution in [3.05, 3.63) is 23.8 Å². The average Bonchev–Trinajstić information content (AvgIpc) is 2.46. The minimum absolute atomic E-state index is 0.570. The van der Waals surface area contributed by atoms with Gasteiger partial charge in [-0.3, -0.25) is 5.32 Å². The molecular formula is C15H27NO3. The smallest absolute Gasteiger partial charge is 0.0970 e. The van der Waals surface area contributed by atoms with E-state index in [4.69, 9.17) is 14.2 Å². The van der Waals surface area contributed by atoms with Crippen LogP contribution in [0.5, 0.6) is 0 Å². The van der Waals surface area contributed by atoms with E-state index in [2.05, 4.69) is 30.5 Å². The Hall–Kier alpha value is -0.680. The van der Waals surface area contributed by atoms with Crippen LogP contribution >= 0.6 is 0 Å². The van der Waals surface area contributed by atoms with Gasteiger partial charge in [0.05, 0.1) is 33.2 Å². The van der Waals surface area contributed by atoms with Crippen LogP contribution in [0, 0.1) is 0 Å². The first-order chi connectivity index (χ1) is 9.43. The normalized spacial score (nSPS) is 14.7. The fourth-order valence-corrected chi connectivity index (χ4v) is 1.70. The second-order valence-corrected chi connectivity index (χ2v) is 4.48. The van der Waals surface area contributed by atoms with Crippen molar-refractivity contribution >= 4 is 0 Å². The van der Waals surface area contributed by atoms with Gasteiger partial charge in [0.25, 0.3) is 0 Å². The maximum absolute atomic E-state index is 5.52. The van der Waals surface area contributed by atoms with Crippen molar-refractivity contribution in [2.75, 3.05) is 46.3 Å². The third-order valence-corrected chi connectivity index (χ3v) is 2.69. The molecule has 0 spiro atoms. The highest BCUT2D eigenvalue weighted by molar-refractivity contribution is 5.22. The topological polar surface area (TPSA) is 39.7 Å². The number of nitrogens with one attached hydrogen (secondary N) is 1. The van der Waals surface area contributed by atoms with E-state index in [1.165, 1.54) is 5.57 Å². The molecule has 0 atom stereocenters. The Labute approximate surface area is 116 Å². The lowest BCUT2D eigenvalue weighted by atomic mass is 10.1. The highest BCUT2D eigenvalue weighted by Gasteiger charge is 1.97. The summed E-state index contributed by atoms with van der Waals surface area (Å²) in [7, 11) is 0. The molecule has 1 rings (SSSR count). The standard InChI is InChI=1S/C15H27NO3/c1-2-9-17-11-12-18-10-8-16-14-19-13-15-6-4-3-5-7-15/h4,6-7,16H,2-3,5,8-14H2,1H3. The van der Waals surface area contributed by atoms with Gasteiger partial charge in [0.1, 0.15) is 0 Å². The molecular weight excluding hydrogens is 242 g/mol. The van der Waals surface area contributed by atoms with Crippen molar-refractivity contribution in [2.45, 2.75) is 26.2 Å². The molecule has 1 aliphatic rings. The van der Waals surface area contributed by atoms with Crippen molar-refractivity contribution in [1.82, 2.24) is 5.32 Å². The molecule has 110 valence electrons. The zero-order valence-electron chi connectivity index (χ0n) is 12.0. The van der Waals surface area contributed by atoms with E-state index in [-0.39, 0.29) is 0 Å². The molecule has 1 N–H and O–H groups in total. The van der Waals surface area contributed by atoms with Crippen LogP contribution in [0.15, 0.2) is 23.8 Å². The maximum Gasteiger partial charge on any atom is 0.0970 e. The van der Waals surface area contributed by atoms with Gasteiger partial charge in [-0.15, -0.1) is 0 Å². The number of hydrogen-bond donors (Lipinski definition) is 1. The summed E-state index contributed by atoms with van der Waals surface area (Å²) in [6, 6.07) is 0. The summed E-state index contributed by atoms with van der Waals surface area (Å²) in [5.74, 6) is 0. The molecule has 0 bridgehead atoms. The van der Waals surface area contributed by atoms with Gasteiger partial charge in [0, 0.05) is 13.2 Å². The van der Waals surface area contributed by atoms with Crippen molar-refractivity contribution in [3.8, 4) is 0 Å². The zero-order chi connectivity index (χ0) is 13.6. The molecule has 1 aliphatic carbocycles. The molecule has 0 amide bonds. The molecule has 0 aromatic carbocycles. The monoisotopic (exact) mass is 269 g/mol. The second kappa shape index (κ2) is 12.4. The van der Waals surface area contributed by atoms with Crippen molar-refractivity contribution in [2.24, 2.45) is 0 Å². The molecule has 0 radical (unpaired) electrons. The number of ether oxygens (including phenoxy) is 3. The van der Waals surface area contributed by atoms with Gasteiger partial charge < -0.3 is 14.2 Å². The lowest BCUT2D eigenvalue weighted by Crippen LogP contribution is -2.24. The summed E-state index contributed by atoms with van der Waals surface area (Å²) in [6.07, 6.45) is 9.92. The van der Waals surface area contributed by atoms with Crippen molar-refractivity contribution < 1.29 is 14.2 Å². The van der Waals surface area contributed by atoms with E-state index >= 15 is 0 Å². The van der Waals surface area contributed by atoms with Gasteiger partial charge in [-0.25, -0.2) is 0 Å². The van der Waals surface area contributed by atoms with Gasteiger partial charge in [-0.1, -0.05) is 25.2 Å².